The van der Waals surface area contributed by atoms with Gasteiger partial charge in [-0.15, -0.1) is 0 Å². The lowest BCUT2D eigenvalue weighted by molar-refractivity contribution is -0.121. The summed E-state index contributed by atoms with van der Waals surface area (Å²) in [4.78, 5) is 12.5. The Kier molecular flexibility index (Phi) is 8.11. The number of nitrogens with one attached hydrogen (secondary N) is 1. The van der Waals surface area contributed by atoms with E-state index in [1.807, 2.05) is 26.8 Å². The third-order valence-electron chi connectivity index (χ3n) is 4.82. The minimum Gasteiger partial charge on any atom is -0.349 e. The van der Waals surface area contributed by atoms with E-state index in [4.69, 9.17) is 11.6 Å². The van der Waals surface area contributed by atoms with Gasteiger partial charge in [0.1, 0.15) is 0 Å². The van der Waals surface area contributed by atoms with Gasteiger partial charge in [0.15, 0.2) is 0 Å². The molecule has 0 aliphatic heterocycles. The third-order valence-corrected chi connectivity index (χ3v) is 6.27. The maximum atomic E-state index is 12.5. The van der Waals surface area contributed by atoms with E-state index < -0.39 is 10.0 Å². The van der Waals surface area contributed by atoms with E-state index in [1.165, 1.54) is 9.87 Å². The SMILES string of the molecule is CC[C@H](NC(=O)CCCN(c1ccc(Cl)cc1)S(C)(=O)=O)c1ccc(C)cc1C. The minimum atomic E-state index is -3.45. The van der Waals surface area contributed by atoms with Gasteiger partial charge in [-0.05, 0) is 62.1 Å². The maximum Gasteiger partial charge on any atom is 0.232 e. The lowest BCUT2D eigenvalue weighted by Gasteiger charge is -2.23. The zero-order valence-electron chi connectivity index (χ0n) is 17.4. The minimum absolute atomic E-state index is 0.0506. The van der Waals surface area contributed by atoms with Crippen molar-refractivity contribution < 1.29 is 13.2 Å². The number of halogens is 1. The molecule has 158 valence electrons. The molecule has 2 aromatic rings. The summed E-state index contributed by atoms with van der Waals surface area (Å²) in [5.74, 6) is -0.0821. The second-order valence-electron chi connectivity index (χ2n) is 7.30. The third kappa shape index (κ3) is 6.75. The van der Waals surface area contributed by atoms with Gasteiger partial charge in [-0.3, -0.25) is 9.10 Å². The van der Waals surface area contributed by atoms with Crippen molar-refractivity contribution in [3.63, 3.8) is 0 Å². The Bertz CT molecular complexity index is 943. The van der Waals surface area contributed by atoms with Gasteiger partial charge in [-0.1, -0.05) is 42.3 Å². The molecule has 0 heterocycles. The summed E-state index contributed by atoms with van der Waals surface area (Å²) >= 11 is 5.89. The number of anilines is 1. The number of hydrogen-bond donors (Lipinski definition) is 1. The molecule has 0 aliphatic carbocycles. The number of benzene rings is 2. The molecular formula is C22H29ClN2O3S. The predicted octanol–water partition coefficient (Wildman–Crippen LogP) is 4.77. The number of nitrogens with zero attached hydrogens (tertiary/aromatic N) is 1. The number of carbonyl (C=O) groups is 1. The Labute approximate surface area is 179 Å². The van der Waals surface area contributed by atoms with Crippen LogP contribution in [0, 0.1) is 13.8 Å². The van der Waals surface area contributed by atoms with Crippen molar-refractivity contribution in [3.8, 4) is 0 Å². The van der Waals surface area contributed by atoms with Gasteiger partial charge >= 0.3 is 0 Å². The van der Waals surface area contributed by atoms with E-state index >= 15 is 0 Å². The Morgan fingerprint density at radius 2 is 1.79 bits per heavy atom. The summed E-state index contributed by atoms with van der Waals surface area (Å²) in [5.41, 5.74) is 4.00. The molecule has 5 nitrogen and oxygen atoms in total. The first-order chi connectivity index (χ1) is 13.6. The Balaban J connectivity index is 1.98. The molecule has 0 aromatic heterocycles. The molecule has 0 spiro atoms. The first kappa shape index (κ1) is 23.2. The molecule has 1 amide bonds. The first-order valence-corrected chi connectivity index (χ1v) is 11.9. The molecule has 0 radical (unpaired) electrons. The molecular weight excluding hydrogens is 408 g/mol. The molecule has 2 aromatic carbocycles. The predicted molar refractivity (Wildman–Crippen MR) is 120 cm³/mol. The van der Waals surface area contributed by atoms with Crippen LogP contribution in [-0.4, -0.2) is 27.1 Å². The molecule has 2 rings (SSSR count). The zero-order valence-corrected chi connectivity index (χ0v) is 19.0. The number of amides is 1. The van der Waals surface area contributed by atoms with Crippen LogP contribution in [-0.2, 0) is 14.8 Å². The summed E-state index contributed by atoms with van der Waals surface area (Å²) in [6, 6.07) is 12.8. The first-order valence-electron chi connectivity index (χ1n) is 9.71. The summed E-state index contributed by atoms with van der Waals surface area (Å²) in [6.07, 6.45) is 2.62. The second kappa shape index (κ2) is 10.1. The average Bonchev–Trinajstić information content (AvgIpc) is 2.64. The fraction of sp³-hybridized carbons (Fsp3) is 0.409. The van der Waals surface area contributed by atoms with Crippen LogP contribution in [0.3, 0.4) is 0 Å². The van der Waals surface area contributed by atoms with Crippen molar-refractivity contribution in [2.24, 2.45) is 0 Å². The van der Waals surface area contributed by atoms with Gasteiger partial charge in [0.25, 0.3) is 0 Å². The van der Waals surface area contributed by atoms with Gasteiger partial charge in [0, 0.05) is 18.0 Å². The lowest BCUT2D eigenvalue weighted by atomic mass is 9.97. The van der Waals surface area contributed by atoms with Crippen molar-refractivity contribution >= 4 is 33.2 Å². The summed E-state index contributed by atoms with van der Waals surface area (Å²) < 4.78 is 25.6. The van der Waals surface area contributed by atoms with E-state index in [0.29, 0.717) is 17.1 Å². The van der Waals surface area contributed by atoms with Crippen LogP contribution in [0.15, 0.2) is 42.5 Å². The molecule has 0 bridgehead atoms. The molecule has 29 heavy (non-hydrogen) atoms. The summed E-state index contributed by atoms with van der Waals surface area (Å²) in [5, 5.41) is 3.62. The fourth-order valence-electron chi connectivity index (χ4n) is 3.36. The van der Waals surface area contributed by atoms with E-state index in [-0.39, 0.29) is 24.9 Å². The standard InChI is InChI=1S/C22H29ClN2O3S/c1-5-21(20-13-8-16(2)15-17(20)3)24-22(26)7-6-14-25(29(4,27)28)19-11-9-18(23)10-12-19/h8-13,15,21H,5-7,14H2,1-4H3,(H,24,26)/t21-/m0/s1. The number of carbonyl (C=O) groups excluding carboxylic acids is 1. The molecule has 7 heteroatoms. The normalized spacial score (nSPS) is 12.4. The molecule has 1 atom stereocenters. The quantitative estimate of drug-likeness (QED) is 0.615. The van der Waals surface area contributed by atoms with Crippen LogP contribution in [0.4, 0.5) is 5.69 Å². The molecule has 1 N–H and O–H groups in total. The second-order valence-corrected chi connectivity index (χ2v) is 9.65. The zero-order chi connectivity index (χ0) is 21.6. The van der Waals surface area contributed by atoms with Gasteiger partial charge in [-0.2, -0.15) is 0 Å². The maximum absolute atomic E-state index is 12.5. The highest BCUT2D eigenvalue weighted by molar-refractivity contribution is 7.92. The van der Waals surface area contributed by atoms with Crippen LogP contribution in [0.25, 0.3) is 0 Å². The van der Waals surface area contributed by atoms with Crippen LogP contribution in [0.2, 0.25) is 5.02 Å². The highest BCUT2D eigenvalue weighted by Crippen LogP contribution is 2.23. The summed E-state index contributed by atoms with van der Waals surface area (Å²) in [6.45, 7) is 6.36. The van der Waals surface area contributed by atoms with Crippen molar-refractivity contribution in [2.75, 3.05) is 17.1 Å². The number of rotatable bonds is 9. The van der Waals surface area contributed by atoms with Gasteiger partial charge in [-0.25, -0.2) is 8.42 Å². The van der Waals surface area contributed by atoms with E-state index in [2.05, 4.69) is 17.4 Å². The average molecular weight is 437 g/mol. The van der Waals surface area contributed by atoms with Crippen LogP contribution in [0.5, 0.6) is 0 Å². The molecule has 0 unspecified atom stereocenters. The van der Waals surface area contributed by atoms with Gasteiger partial charge in [0.05, 0.1) is 18.0 Å². The van der Waals surface area contributed by atoms with Crippen molar-refractivity contribution in [2.45, 2.75) is 46.1 Å². The Hall–Kier alpha value is -2.05. The topological polar surface area (TPSA) is 66.5 Å². The number of hydrogen-bond acceptors (Lipinski definition) is 3. The molecule has 0 fully saturated rings. The van der Waals surface area contributed by atoms with Crippen LogP contribution >= 0.6 is 11.6 Å². The molecule has 0 saturated heterocycles. The molecule has 0 saturated carbocycles. The molecule has 0 aliphatic rings. The fourth-order valence-corrected chi connectivity index (χ4v) is 4.45. The Morgan fingerprint density at radius 1 is 1.14 bits per heavy atom. The largest absolute Gasteiger partial charge is 0.349 e. The van der Waals surface area contributed by atoms with Gasteiger partial charge < -0.3 is 5.32 Å². The highest BCUT2D eigenvalue weighted by Gasteiger charge is 2.19. The highest BCUT2D eigenvalue weighted by atomic mass is 35.5. The van der Waals surface area contributed by atoms with Crippen molar-refractivity contribution in [1.82, 2.24) is 5.32 Å². The monoisotopic (exact) mass is 436 g/mol. The number of sulfonamides is 1. The van der Waals surface area contributed by atoms with Crippen LogP contribution < -0.4 is 9.62 Å². The van der Waals surface area contributed by atoms with E-state index in [0.717, 1.165) is 23.8 Å². The van der Waals surface area contributed by atoms with E-state index in [9.17, 15) is 13.2 Å². The van der Waals surface area contributed by atoms with Crippen molar-refractivity contribution in [1.29, 1.82) is 0 Å². The summed E-state index contributed by atoms with van der Waals surface area (Å²) in [7, 11) is -3.45. The Morgan fingerprint density at radius 3 is 2.34 bits per heavy atom. The smallest absolute Gasteiger partial charge is 0.232 e. The van der Waals surface area contributed by atoms with Gasteiger partial charge in [0.2, 0.25) is 15.9 Å². The number of aryl methyl sites for hydroxylation is 2. The van der Waals surface area contributed by atoms with Crippen molar-refractivity contribution in [3.05, 3.63) is 64.2 Å². The van der Waals surface area contributed by atoms with Crippen LogP contribution in [0.1, 0.15) is 48.9 Å². The lowest BCUT2D eigenvalue weighted by Crippen LogP contribution is -2.33. The van der Waals surface area contributed by atoms with E-state index in [1.54, 1.807) is 24.3 Å².